The monoisotopic (exact) mass is 1540 g/mol. The van der Waals surface area contributed by atoms with Gasteiger partial charge < -0.3 is 33.8 Å². The molecule has 0 aromatic rings. The summed E-state index contributed by atoms with van der Waals surface area (Å²) >= 11 is 0. The zero-order chi connectivity index (χ0) is 77.4. The van der Waals surface area contributed by atoms with Crippen LogP contribution in [0.4, 0.5) is 0 Å². The van der Waals surface area contributed by atoms with E-state index >= 15 is 0 Å². The second-order valence-electron chi connectivity index (χ2n) is 32.6. The van der Waals surface area contributed by atoms with Crippen molar-refractivity contribution in [1.29, 1.82) is 0 Å². The van der Waals surface area contributed by atoms with E-state index in [0.29, 0.717) is 31.6 Å². The minimum Gasteiger partial charge on any atom is -0.462 e. The maximum absolute atomic E-state index is 13.1. The third-order valence-corrected chi connectivity index (χ3v) is 22.3. The van der Waals surface area contributed by atoms with Crippen LogP contribution in [0.3, 0.4) is 0 Å². The molecule has 0 spiro atoms. The predicted octanol–water partition coefficient (Wildman–Crippen LogP) is 25.9. The molecule has 0 saturated carbocycles. The van der Waals surface area contributed by atoms with Crippen molar-refractivity contribution in [2.75, 3.05) is 39.6 Å². The summed E-state index contributed by atoms with van der Waals surface area (Å²) in [5.41, 5.74) is 0. The highest BCUT2D eigenvalue weighted by atomic mass is 31.2. The highest BCUT2D eigenvalue weighted by molar-refractivity contribution is 7.47. The van der Waals surface area contributed by atoms with Crippen molar-refractivity contribution in [3.63, 3.8) is 0 Å². The summed E-state index contributed by atoms with van der Waals surface area (Å²) in [5.74, 6) is 1.03. The standard InChI is InChI=1S/C86H168O17P2/c1-9-79(8)65-57-49-40-34-28-22-16-12-10-11-13-17-23-29-35-41-50-58-66-83(88)96-72-81(102-85(90)69-61-53-43-37-31-25-19-21-27-33-39-47-55-63-77(4)5)74-100-104(92,93)98-70-80(87)71-99-105(94,95)101-75-82(73-97-84(89)67-59-51-45-44-48-56-64-78(6)7)103-86(91)68-60-52-42-36-30-24-18-14-15-20-26-32-38-46-54-62-76(2)3/h76-82,87H,9-75H2,1-8H3,(H,92,93)(H,94,95)/t79?,80?,81-,82-/m1/s1. The molecule has 0 radical (unpaired) electrons. The van der Waals surface area contributed by atoms with Crippen LogP contribution < -0.4 is 0 Å². The van der Waals surface area contributed by atoms with Gasteiger partial charge in [-0.15, -0.1) is 0 Å². The van der Waals surface area contributed by atoms with Crippen LogP contribution in [0.15, 0.2) is 0 Å². The molecule has 0 heterocycles. The van der Waals surface area contributed by atoms with Gasteiger partial charge in [-0.2, -0.15) is 0 Å². The average Bonchev–Trinajstić information content (AvgIpc) is 0.914. The van der Waals surface area contributed by atoms with Crippen molar-refractivity contribution >= 4 is 39.5 Å². The molecule has 0 aromatic carbocycles. The third kappa shape index (κ3) is 78.5. The van der Waals surface area contributed by atoms with E-state index in [9.17, 15) is 43.2 Å². The van der Waals surface area contributed by atoms with Crippen LogP contribution in [-0.2, 0) is 65.4 Å². The second kappa shape index (κ2) is 74.8. The van der Waals surface area contributed by atoms with Crippen LogP contribution in [0.25, 0.3) is 0 Å². The molecule has 0 fully saturated rings. The van der Waals surface area contributed by atoms with E-state index in [1.807, 2.05) is 0 Å². The lowest BCUT2D eigenvalue weighted by Crippen LogP contribution is -2.30. The van der Waals surface area contributed by atoms with E-state index < -0.39 is 97.5 Å². The number of rotatable bonds is 83. The lowest BCUT2D eigenvalue weighted by atomic mass is 9.99. The molecule has 6 atom stereocenters. The number of esters is 4. The summed E-state index contributed by atoms with van der Waals surface area (Å²) in [4.78, 5) is 73.2. The predicted molar refractivity (Wildman–Crippen MR) is 432 cm³/mol. The first kappa shape index (κ1) is 103. The number of unbranched alkanes of at least 4 members (excludes halogenated alkanes) is 48. The number of hydrogen-bond acceptors (Lipinski definition) is 15. The highest BCUT2D eigenvalue weighted by Gasteiger charge is 2.31. The number of aliphatic hydroxyl groups is 1. The van der Waals surface area contributed by atoms with Crippen molar-refractivity contribution in [2.45, 2.75) is 465 Å². The molecule has 3 N–H and O–H groups in total. The van der Waals surface area contributed by atoms with Crippen LogP contribution >= 0.6 is 15.6 Å². The Bertz CT molecular complexity index is 2040. The van der Waals surface area contributed by atoms with Gasteiger partial charge in [0.2, 0.25) is 0 Å². The number of aliphatic hydroxyl groups excluding tert-OH is 1. The molecule has 19 heteroatoms. The van der Waals surface area contributed by atoms with Gasteiger partial charge in [-0.05, 0) is 49.4 Å². The smallest absolute Gasteiger partial charge is 0.462 e. The molecule has 0 aliphatic heterocycles. The molecule has 0 aromatic heterocycles. The molecule has 0 aliphatic rings. The summed E-state index contributed by atoms with van der Waals surface area (Å²) < 4.78 is 68.8. The zero-order valence-electron chi connectivity index (χ0n) is 69.4. The fraction of sp³-hybridized carbons (Fsp3) is 0.953. The Hall–Kier alpha value is -1.94. The number of ether oxygens (including phenoxy) is 4. The molecule has 624 valence electrons. The van der Waals surface area contributed by atoms with Crippen LogP contribution in [0.2, 0.25) is 0 Å². The van der Waals surface area contributed by atoms with Gasteiger partial charge in [0.25, 0.3) is 0 Å². The number of phosphoric ester groups is 2. The minimum atomic E-state index is -4.97. The summed E-state index contributed by atoms with van der Waals surface area (Å²) in [7, 11) is -9.93. The van der Waals surface area contributed by atoms with Crippen molar-refractivity contribution in [2.24, 2.45) is 23.7 Å². The normalized spacial score (nSPS) is 14.2. The average molecular weight is 1540 g/mol. The molecule has 17 nitrogen and oxygen atoms in total. The fourth-order valence-electron chi connectivity index (χ4n) is 13.3. The van der Waals surface area contributed by atoms with Crippen LogP contribution in [0.1, 0.15) is 447 Å². The molecular weight excluding hydrogens is 1370 g/mol. The highest BCUT2D eigenvalue weighted by Crippen LogP contribution is 2.45. The Morgan fingerprint density at radius 1 is 0.267 bits per heavy atom. The Balaban J connectivity index is 5.19. The molecule has 0 amide bonds. The first-order valence-electron chi connectivity index (χ1n) is 44.2. The second-order valence-corrected chi connectivity index (χ2v) is 35.5. The van der Waals surface area contributed by atoms with Crippen molar-refractivity contribution in [1.82, 2.24) is 0 Å². The molecule has 0 saturated heterocycles. The van der Waals surface area contributed by atoms with Gasteiger partial charge in [-0.3, -0.25) is 37.3 Å². The van der Waals surface area contributed by atoms with Crippen molar-refractivity contribution in [3.8, 4) is 0 Å². The molecule has 105 heavy (non-hydrogen) atoms. The maximum Gasteiger partial charge on any atom is 0.472 e. The van der Waals surface area contributed by atoms with Crippen molar-refractivity contribution in [3.05, 3.63) is 0 Å². The lowest BCUT2D eigenvalue weighted by molar-refractivity contribution is -0.161. The van der Waals surface area contributed by atoms with E-state index in [4.69, 9.17) is 37.0 Å². The number of phosphoric acid groups is 2. The Morgan fingerprint density at radius 2 is 0.457 bits per heavy atom. The first-order chi connectivity index (χ1) is 50.6. The summed E-state index contributed by atoms with van der Waals surface area (Å²) in [6.07, 6.45) is 64.0. The first-order valence-corrected chi connectivity index (χ1v) is 47.2. The largest absolute Gasteiger partial charge is 0.472 e. The summed E-state index contributed by atoms with van der Waals surface area (Å²) in [5, 5.41) is 10.7. The van der Waals surface area contributed by atoms with Gasteiger partial charge in [0, 0.05) is 25.7 Å². The van der Waals surface area contributed by atoms with Crippen molar-refractivity contribution < 1.29 is 80.2 Å². The number of carbonyl (C=O) groups excluding carboxylic acids is 4. The lowest BCUT2D eigenvalue weighted by Gasteiger charge is -2.21. The van der Waals surface area contributed by atoms with Gasteiger partial charge in [0.15, 0.2) is 12.2 Å². The SMILES string of the molecule is CCC(C)CCCCCCCCCCCCCCCCCCCCC(=O)OC[C@H](COP(=O)(O)OCC(O)COP(=O)(O)OC[C@@H](COC(=O)CCCCCCCCC(C)C)OC(=O)CCCCCCCCCCCCCCCCCC(C)C)OC(=O)CCCCCCCCCCCCCCCC(C)C. The third-order valence-electron chi connectivity index (χ3n) is 20.4. The van der Waals surface area contributed by atoms with E-state index in [0.717, 1.165) is 114 Å². The Labute approximate surface area is 645 Å². The number of hydrogen-bond donors (Lipinski definition) is 3. The topological polar surface area (TPSA) is 237 Å². The van der Waals surface area contributed by atoms with Crippen LogP contribution in [0, 0.1) is 23.7 Å². The van der Waals surface area contributed by atoms with Gasteiger partial charge in [0.05, 0.1) is 26.4 Å². The minimum absolute atomic E-state index is 0.106. The maximum atomic E-state index is 13.1. The van der Waals surface area contributed by atoms with E-state index in [1.54, 1.807) is 0 Å². The van der Waals surface area contributed by atoms with Gasteiger partial charge in [0.1, 0.15) is 19.3 Å². The van der Waals surface area contributed by atoms with Gasteiger partial charge in [-0.25, -0.2) is 9.13 Å². The van der Waals surface area contributed by atoms with Gasteiger partial charge >= 0.3 is 39.5 Å². The van der Waals surface area contributed by atoms with Gasteiger partial charge in [-0.1, -0.05) is 396 Å². The molecule has 0 rings (SSSR count). The van der Waals surface area contributed by atoms with E-state index in [-0.39, 0.29) is 25.7 Å². The quantitative estimate of drug-likeness (QED) is 0.0222. The molecule has 4 unspecified atom stereocenters. The zero-order valence-corrected chi connectivity index (χ0v) is 71.2. The van der Waals surface area contributed by atoms with Crippen LogP contribution in [0.5, 0.6) is 0 Å². The molecular formula is C86H168O17P2. The fourth-order valence-corrected chi connectivity index (χ4v) is 14.9. The van der Waals surface area contributed by atoms with E-state index in [1.165, 1.54) is 244 Å². The summed E-state index contributed by atoms with van der Waals surface area (Å²) in [6, 6.07) is 0. The summed E-state index contributed by atoms with van der Waals surface area (Å²) in [6.45, 7) is 14.3. The number of carbonyl (C=O) groups is 4. The Morgan fingerprint density at radius 3 is 0.676 bits per heavy atom. The Kier molecular flexibility index (Phi) is 73.4. The van der Waals surface area contributed by atoms with Crippen LogP contribution in [-0.4, -0.2) is 96.7 Å². The van der Waals surface area contributed by atoms with E-state index in [2.05, 4.69) is 55.4 Å². The molecule has 0 aliphatic carbocycles. The molecule has 0 bridgehead atoms.